The lowest BCUT2D eigenvalue weighted by atomic mass is 9.89. The molecule has 0 saturated heterocycles. The lowest BCUT2D eigenvalue weighted by Gasteiger charge is -2.34. The fraction of sp³-hybridized carbons (Fsp3) is 0.417. The van der Waals surface area contributed by atoms with Crippen molar-refractivity contribution >= 4 is 11.8 Å². The maximum atomic E-state index is 12.8. The number of hydrogen-bond acceptors (Lipinski definition) is 5. The Morgan fingerprint density at radius 1 is 1.03 bits per heavy atom. The van der Waals surface area contributed by atoms with Crippen LogP contribution in [0.1, 0.15) is 58.9 Å². The predicted molar refractivity (Wildman–Crippen MR) is 114 cm³/mol. The van der Waals surface area contributed by atoms with E-state index in [1.807, 2.05) is 37.3 Å². The van der Waals surface area contributed by atoms with Crippen molar-refractivity contribution in [3.05, 3.63) is 59.2 Å². The summed E-state index contributed by atoms with van der Waals surface area (Å²) in [4.78, 5) is 27.1. The second-order valence-corrected chi connectivity index (χ2v) is 7.84. The lowest BCUT2D eigenvalue weighted by molar-refractivity contribution is 0.0533. The van der Waals surface area contributed by atoms with E-state index >= 15 is 0 Å². The van der Waals surface area contributed by atoms with Gasteiger partial charge in [-0.3, -0.25) is 14.5 Å². The van der Waals surface area contributed by atoms with Crippen LogP contribution in [0.3, 0.4) is 0 Å². The summed E-state index contributed by atoms with van der Waals surface area (Å²) < 4.78 is 11.0. The first kappa shape index (κ1) is 20.4. The number of benzene rings is 2. The van der Waals surface area contributed by atoms with Crippen LogP contribution < -0.4 is 14.8 Å². The van der Waals surface area contributed by atoms with Crippen LogP contribution in [0, 0.1) is 0 Å². The van der Waals surface area contributed by atoms with Crippen molar-refractivity contribution < 1.29 is 19.1 Å². The third kappa shape index (κ3) is 3.92. The minimum absolute atomic E-state index is 0.0569. The zero-order valence-corrected chi connectivity index (χ0v) is 17.5. The smallest absolute Gasteiger partial charge is 0.261 e. The number of nitrogens with zero attached hydrogens (tertiary/aromatic N) is 1. The summed E-state index contributed by atoms with van der Waals surface area (Å²) in [6.07, 6.45) is 3.66. The van der Waals surface area contributed by atoms with Gasteiger partial charge < -0.3 is 14.8 Å². The molecule has 2 aromatic rings. The SMILES string of the molecule is CCOc1ccc(CN[C@@H]2CCC[C@H](N3C(=O)c4ccccc4C3=O)C2)cc1OC. The summed E-state index contributed by atoms with van der Waals surface area (Å²) in [5.41, 5.74) is 2.16. The average Bonchev–Trinajstić information content (AvgIpc) is 3.04. The fourth-order valence-corrected chi connectivity index (χ4v) is 4.48. The molecule has 1 fully saturated rings. The molecular formula is C24H28N2O4. The Balaban J connectivity index is 1.40. The van der Waals surface area contributed by atoms with Crippen molar-refractivity contribution in [1.29, 1.82) is 0 Å². The van der Waals surface area contributed by atoms with Crippen molar-refractivity contribution in [3.63, 3.8) is 0 Å². The maximum Gasteiger partial charge on any atom is 0.261 e. The molecule has 1 N–H and O–H groups in total. The van der Waals surface area contributed by atoms with Gasteiger partial charge in [-0.15, -0.1) is 0 Å². The fourth-order valence-electron chi connectivity index (χ4n) is 4.48. The second kappa shape index (κ2) is 8.88. The van der Waals surface area contributed by atoms with E-state index in [0.29, 0.717) is 24.3 Å². The van der Waals surface area contributed by atoms with Crippen LogP contribution in [0.25, 0.3) is 0 Å². The highest BCUT2D eigenvalue weighted by molar-refractivity contribution is 6.21. The normalized spacial score (nSPS) is 20.9. The Bertz CT molecular complexity index is 908. The van der Waals surface area contributed by atoms with Crippen LogP contribution in [0.2, 0.25) is 0 Å². The highest BCUT2D eigenvalue weighted by Gasteiger charge is 2.41. The first-order valence-corrected chi connectivity index (χ1v) is 10.6. The van der Waals surface area contributed by atoms with Gasteiger partial charge in [0.15, 0.2) is 11.5 Å². The standard InChI is InChI=1S/C24H28N2O4/c1-3-30-21-12-11-16(13-22(21)29-2)15-25-17-7-6-8-18(14-17)26-23(27)19-9-4-5-10-20(19)24(26)28/h4-5,9-13,17-18,25H,3,6-8,14-15H2,1-2H3/t17-,18+/m1/s1. The van der Waals surface area contributed by atoms with Crippen molar-refractivity contribution in [2.24, 2.45) is 0 Å². The number of carbonyl (C=O) groups excluding carboxylic acids is 2. The molecule has 2 aliphatic rings. The second-order valence-electron chi connectivity index (χ2n) is 7.84. The molecule has 0 bridgehead atoms. The van der Waals surface area contributed by atoms with Gasteiger partial charge in [0.1, 0.15) is 0 Å². The van der Waals surface area contributed by atoms with E-state index in [1.54, 1.807) is 19.2 Å². The van der Waals surface area contributed by atoms with Gasteiger partial charge in [-0.05, 0) is 62.4 Å². The topological polar surface area (TPSA) is 67.9 Å². The zero-order valence-electron chi connectivity index (χ0n) is 17.5. The summed E-state index contributed by atoms with van der Waals surface area (Å²) in [5, 5.41) is 3.60. The molecular weight excluding hydrogens is 380 g/mol. The van der Waals surface area contributed by atoms with E-state index in [-0.39, 0.29) is 23.9 Å². The highest BCUT2D eigenvalue weighted by Crippen LogP contribution is 2.32. The van der Waals surface area contributed by atoms with Gasteiger partial charge in [-0.1, -0.05) is 18.2 Å². The molecule has 1 saturated carbocycles. The van der Waals surface area contributed by atoms with Gasteiger partial charge in [0.05, 0.1) is 24.8 Å². The predicted octanol–water partition coefficient (Wildman–Crippen LogP) is 3.79. The van der Waals surface area contributed by atoms with Gasteiger partial charge in [0, 0.05) is 18.6 Å². The van der Waals surface area contributed by atoms with Crippen LogP contribution in [0.15, 0.2) is 42.5 Å². The molecule has 0 spiro atoms. The number of fused-ring (bicyclic) bond motifs is 1. The van der Waals surface area contributed by atoms with E-state index in [0.717, 1.165) is 42.7 Å². The molecule has 0 aromatic heterocycles. The largest absolute Gasteiger partial charge is 0.493 e. The number of rotatable bonds is 7. The molecule has 6 nitrogen and oxygen atoms in total. The van der Waals surface area contributed by atoms with Crippen LogP contribution in [0.4, 0.5) is 0 Å². The number of carbonyl (C=O) groups is 2. The van der Waals surface area contributed by atoms with E-state index in [9.17, 15) is 9.59 Å². The quantitative estimate of drug-likeness (QED) is 0.706. The Hall–Kier alpha value is -2.86. The molecule has 1 heterocycles. The van der Waals surface area contributed by atoms with Crippen LogP contribution in [0.5, 0.6) is 11.5 Å². The summed E-state index contributed by atoms with van der Waals surface area (Å²) >= 11 is 0. The highest BCUT2D eigenvalue weighted by atomic mass is 16.5. The monoisotopic (exact) mass is 408 g/mol. The van der Waals surface area contributed by atoms with E-state index in [4.69, 9.17) is 9.47 Å². The molecule has 2 aromatic carbocycles. The number of nitrogens with one attached hydrogen (secondary N) is 1. The summed E-state index contributed by atoms with van der Waals surface area (Å²) in [5.74, 6) is 1.16. The number of amides is 2. The molecule has 30 heavy (non-hydrogen) atoms. The molecule has 0 unspecified atom stereocenters. The molecule has 2 atom stereocenters. The minimum atomic E-state index is -0.155. The van der Waals surface area contributed by atoms with E-state index in [2.05, 4.69) is 5.32 Å². The third-order valence-electron chi connectivity index (χ3n) is 5.96. The number of methoxy groups -OCH3 is 1. The van der Waals surface area contributed by atoms with Crippen molar-refractivity contribution in [3.8, 4) is 11.5 Å². The van der Waals surface area contributed by atoms with Gasteiger partial charge in [0.25, 0.3) is 11.8 Å². The lowest BCUT2D eigenvalue weighted by Crippen LogP contribution is -2.46. The molecule has 4 rings (SSSR count). The molecule has 1 aliphatic heterocycles. The van der Waals surface area contributed by atoms with Crippen molar-refractivity contribution in [2.45, 2.75) is 51.2 Å². The van der Waals surface area contributed by atoms with E-state index < -0.39 is 0 Å². The Labute approximate surface area is 177 Å². The third-order valence-corrected chi connectivity index (χ3v) is 5.96. The first-order valence-electron chi connectivity index (χ1n) is 10.6. The van der Waals surface area contributed by atoms with Crippen molar-refractivity contribution in [1.82, 2.24) is 10.2 Å². The van der Waals surface area contributed by atoms with Crippen LogP contribution in [-0.2, 0) is 6.54 Å². The Morgan fingerprint density at radius 3 is 2.43 bits per heavy atom. The zero-order chi connectivity index (χ0) is 21.1. The van der Waals surface area contributed by atoms with Crippen LogP contribution >= 0.6 is 0 Å². The average molecular weight is 408 g/mol. The maximum absolute atomic E-state index is 12.8. The Kier molecular flexibility index (Phi) is 6.04. The minimum Gasteiger partial charge on any atom is -0.493 e. The molecule has 2 amide bonds. The van der Waals surface area contributed by atoms with Gasteiger partial charge in [0.2, 0.25) is 0 Å². The Morgan fingerprint density at radius 2 is 1.77 bits per heavy atom. The first-order chi connectivity index (χ1) is 14.6. The summed E-state index contributed by atoms with van der Waals surface area (Å²) in [6.45, 7) is 3.24. The number of imide groups is 1. The summed E-state index contributed by atoms with van der Waals surface area (Å²) in [7, 11) is 1.64. The number of ether oxygens (including phenoxy) is 2. The van der Waals surface area contributed by atoms with Gasteiger partial charge >= 0.3 is 0 Å². The number of hydrogen-bond donors (Lipinski definition) is 1. The van der Waals surface area contributed by atoms with Crippen LogP contribution in [-0.4, -0.2) is 42.5 Å². The van der Waals surface area contributed by atoms with E-state index in [1.165, 1.54) is 4.90 Å². The molecule has 1 aliphatic carbocycles. The van der Waals surface area contributed by atoms with Gasteiger partial charge in [-0.25, -0.2) is 0 Å². The van der Waals surface area contributed by atoms with Gasteiger partial charge in [-0.2, -0.15) is 0 Å². The molecule has 6 heteroatoms. The van der Waals surface area contributed by atoms with Crippen molar-refractivity contribution in [2.75, 3.05) is 13.7 Å². The molecule has 158 valence electrons. The molecule has 0 radical (unpaired) electrons. The summed E-state index contributed by atoms with van der Waals surface area (Å²) in [6, 6.07) is 13.3.